The van der Waals surface area contributed by atoms with Crippen molar-refractivity contribution >= 4 is 43.2 Å². The van der Waals surface area contributed by atoms with Gasteiger partial charge in [0.2, 0.25) is 5.91 Å². The molecule has 0 unspecified atom stereocenters. The van der Waals surface area contributed by atoms with Crippen LogP contribution in [0.1, 0.15) is 19.4 Å². The molecule has 1 aromatic heterocycles. The van der Waals surface area contributed by atoms with E-state index in [1.807, 2.05) is 6.92 Å². The first-order chi connectivity index (χ1) is 19.7. The fourth-order valence-corrected chi connectivity index (χ4v) is 6.89. The number of nitrogens with zero attached hydrogens (tertiary/aromatic N) is 4. The van der Waals surface area contributed by atoms with Crippen molar-refractivity contribution in [2.75, 3.05) is 31.5 Å². The number of hydrogen-bond donors (Lipinski definition) is 2. The van der Waals surface area contributed by atoms with Crippen molar-refractivity contribution in [2.24, 2.45) is 13.0 Å². The molecule has 2 N–H and O–H groups in total. The summed E-state index contributed by atoms with van der Waals surface area (Å²) in [5, 5.41) is 10.1. The normalized spacial score (nSPS) is 18.9. The maximum atomic E-state index is 13.4. The van der Waals surface area contributed by atoms with Crippen LogP contribution in [0.25, 0.3) is 0 Å². The number of benzene rings is 2. The third kappa shape index (κ3) is 7.06. The number of aliphatic hydroxyl groups is 1. The summed E-state index contributed by atoms with van der Waals surface area (Å²) in [6.45, 7) is 3.43. The Kier molecular flexibility index (Phi) is 9.52. The standard InChI is InChI=1S/C27H34ClN5O7S2/c1-18-13-33(19(2)16-34)27(35)12-20-11-22(30-41(36,37)23-8-5-21(28)6-9-23)7-10-24(20)40-25(18)14-32(4)42(38,39)26-15-31(3)17-29-26/h5-11,15,17-19,25,30,34H,12-14,16H2,1-4H3/t18-,19-,25+/m1/s1. The zero-order valence-corrected chi connectivity index (χ0v) is 26.0. The number of ether oxygens (including phenoxy) is 1. The van der Waals surface area contributed by atoms with Crippen LogP contribution in [0.3, 0.4) is 0 Å². The highest BCUT2D eigenvalue weighted by atomic mass is 35.5. The van der Waals surface area contributed by atoms with E-state index in [0.717, 1.165) is 4.31 Å². The molecule has 228 valence electrons. The number of sulfonamides is 2. The van der Waals surface area contributed by atoms with Gasteiger partial charge < -0.3 is 19.3 Å². The fraction of sp³-hybridized carbons (Fsp3) is 0.407. The Morgan fingerprint density at radius 3 is 2.50 bits per heavy atom. The molecule has 3 aromatic rings. The second-order valence-electron chi connectivity index (χ2n) is 10.4. The second-order valence-corrected chi connectivity index (χ2v) is 14.5. The van der Waals surface area contributed by atoms with Crippen molar-refractivity contribution in [3.63, 3.8) is 0 Å². The van der Waals surface area contributed by atoms with Crippen LogP contribution in [-0.2, 0) is 38.3 Å². The van der Waals surface area contributed by atoms with Crippen molar-refractivity contribution in [1.29, 1.82) is 0 Å². The van der Waals surface area contributed by atoms with Crippen LogP contribution in [0.5, 0.6) is 5.75 Å². The summed E-state index contributed by atoms with van der Waals surface area (Å²) < 4.78 is 63.9. The first-order valence-electron chi connectivity index (χ1n) is 13.1. The highest BCUT2D eigenvalue weighted by molar-refractivity contribution is 7.92. The third-order valence-electron chi connectivity index (χ3n) is 7.09. The van der Waals surface area contributed by atoms with E-state index < -0.39 is 32.2 Å². The monoisotopic (exact) mass is 639 g/mol. The van der Waals surface area contributed by atoms with Gasteiger partial charge in [-0.1, -0.05) is 18.5 Å². The lowest BCUT2D eigenvalue weighted by Gasteiger charge is -2.33. The number of aliphatic hydroxyl groups excluding tert-OH is 1. The highest BCUT2D eigenvalue weighted by Crippen LogP contribution is 2.30. The number of aryl methyl sites for hydroxylation is 1. The Balaban J connectivity index is 1.68. The van der Waals surface area contributed by atoms with Gasteiger partial charge in [-0.3, -0.25) is 9.52 Å². The first kappa shape index (κ1) is 31.8. The molecule has 1 aliphatic rings. The Morgan fingerprint density at radius 2 is 1.88 bits per heavy atom. The van der Waals surface area contributed by atoms with E-state index >= 15 is 0 Å². The van der Waals surface area contributed by atoms with E-state index in [4.69, 9.17) is 16.3 Å². The number of halogens is 1. The van der Waals surface area contributed by atoms with Crippen LogP contribution >= 0.6 is 11.6 Å². The summed E-state index contributed by atoms with van der Waals surface area (Å²) in [5.74, 6) is -0.323. The molecule has 0 aliphatic carbocycles. The zero-order valence-electron chi connectivity index (χ0n) is 23.6. The van der Waals surface area contributed by atoms with E-state index in [2.05, 4.69) is 9.71 Å². The first-order valence-corrected chi connectivity index (χ1v) is 16.4. The quantitative estimate of drug-likeness (QED) is 0.362. The number of amides is 1. The van der Waals surface area contributed by atoms with Crippen molar-refractivity contribution < 1.29 is 31.5 Å². The van der Waals surface area contributed by atoms with Crippen molar-refractivity contribution in [3.8, 4) is 5.75 Å². The number of imidazole rings is 1. The Bertz CT molecular complexity index is 1650. The van der Waals surface area contributed by atoms with Gasteiger partial charge in [0.15, 0.2) is 5.03 Å². The molecule has 0 radical (unpaired) electrons. The minimum atomic E-state index is -3.96. The van der Waals surface area contributed by atoms with E-state index in [1.54, 1.807) is 20.0 Å². The third-order valence-corrected chi connectivity index (χ3v) is 10.4. The molecular weight excluding hydrogens is 606 g/mol. The number of aromatic nitrogens is 2. The number of carbonyl (C=O) groups excluding carboxylic acids is 1. The molecule has 2 aromatic carbocycles. The van der Waals surface area contributed by atoms with Crippen molar-refractivity contribution in [2.45, 2.75) is 42.3 Å². The Morgan fingerprint density at radius 1 is 1.19 bits per heavy atom. The van der Waals surface area contributed by atoms with Gasteiger partial charge in [-0.05, 0) is 49.4 Å². The van der Waals surface area contributed by atoms with Gasteiger partial charge in [0.25, 0.3) is 20.0 Å². The minimum Gasteiger partial charge on any atom is -0.488 e. The Labute approximate surface area is 251 Å². The lowest BCUT2D eigenvalue weighted by Crippen LogP contribution is -2.48. The van der Waals surface area contributed by atoms with Crippen molar-refractivity contribution in [1.82, 2.24) is 18.8 Å². The zero-order chi connectivity index (χ0) is 30.8. The summed E-state index contributed by atoms with van der Waals surface area (Å²) in [7, 11) is -4.79. The molecule has 12 nitrogen and oxygen atoms in total. The number of nitrogens with one attached hydrogen (secondary N) is 1. The Hall–Kier alpha value is -3.17. The second kappa shape index (κ2) is 12.6. The largest absolute Gasteiger partial charge is 0.488 e. The lowest BCUT2D eigenvalue weighted by molar-refractivity contribution is -0.134. The van der Waals surface area contributed by atoms with E-state index in [1.165, 1.54) is 65.4 Å². The fourth-order valence-electron chi connectivity index (χ4n) is 4.57. The topological polar surface area (TPSA) is 151 Å². The smallest absolute Gasteiger partial charge is 0.261 e. The molecule has 0 bridgehead atoms. The number of hydrogen-bond acceptors (Lipinski definition) is 8. The predicted octanol–water partition coefficient (Wildman–Crippen LogP) is 2.34. The maximum Gasteiger partial charge on any atom is 0.261 e. The van der Waals surface area contributed by atoms with Gasteiger partial charge in [-0.2, -0.15) is 4.31 Å². The molecule has 0 saturated carbocycles. The summed E-state index contributed by atoms with van der Waals surface area (Å²) in [6, 6.07) is 9.77. The molecule has 0 fully saturated rings. The van der Waals surface area contributed by atoms with E-state index in [-0.39, 0.29) is 53.6 Å². The van der Waals surface area contributed by atoms with Crippen LogP contribution in [0, 0.1) is 5.92 Å². The van der Waals surface area contributed by atoms with E-state index in [9.17, 15) is 26.7 Å². The maximum absolute atomic E-state index is 13.4. The summed E-state index contributed by atoms with van der Waals surface area (Å²) in [6.07, 6.45) is 1.97. The van der Waals surface area contributed by atoms with E-state index in [0.29, 0.717) is 16.3 Å². The predicted molar refractivity (Wildman–Crippen MR) is 157 cm³/mol. The number of carbonyl (C=O) groups is 1. The van der Waals surface area contributed by atoms with Crippen LogP contribution in [0.4, 0.5) is 5.69 Å². The average molecular weight is 640 g/mol. The number of rotatable bonds is 9. The summed E-state index contributed by atoms with van der Waals surface area (Å²) in [5.41, 5.74) is 0.612. The molecule has 3 atom stereocenters. The van der Waals surface area contributed by atoms with Gasteiger partial charge in [-0.25, -0.2) is 21.8 Å². The number of fused-ring (bicyclic) bond motifs is 1. The average Bonchev–Trinajstić information content (AvgIpc) is 3.39. The molecule has 2 heterocycles. The SMILES string of the molecule is C[C@@H]1CN([C@H](C)CO)C(=O)Cc2cc(NS(=O)(=O)c3ccc(Cl)cc3)ccc2O[C@H]1CN(C)S(=O)(=O)c1cn(C)cn1. The minimum absolute atomic E-state index is 0.0109. The number of likely N-dealkylation sites (N-methyl/N-ethyl adjacent to an activating group) is 1. The molecule has 0 saturated heterocycles. The molecule has 4 rings (SSSR count). The highest BCUT2D eigenvalue weighted by Gasteiger charge is 2.34. The van der Waals surface area contributed by atoms with Crippen molar-refractivity contribution in [3.05, 3.63) is 65.6 Å². The van der Waals surface area contributed by atoms with Gasteiger partial charge in [0.1, 0.15) is 11.9 Å². The summed E-state index contributed by atoms with van der Waals surface area (Å²) in [4.78, 5) is 19.0. The number of anilines is 1. The lowest BCUT2D eigenvalue weighted by atomic mass is 10.0. The molecular formula is C27H34ClN5O7S2. The van der Waals surface area contributed by atoms with Gasteiger partial charge in [0, 0.05) is 49.0 Å². The molecule has 42 heavy (non-hydrogen) atoms. The van der Waals surface area contributed by atoms with Crippen LogP contribution < -0.4 is 9.46 Å². The van der Waals surface area contributed by atoms with Gasteiger partial charge in [-0.15, -0.1) is 0 Å². The molecule has 1 aliphatic heterocycles. The molecule has 1 amide bonds. The molecule has 0 spiro atoms. The molecule has 15 heteroatoms. The van der Waals surface area contributed by atoms with Gasteiger partial charge >= 0.3 is 0 Å². The van der Waals surface area contributed by atoms with Crippen LogP contribution in [-0.4, -0.2) is 85.5 Å². The van der Waals surface area contributed by atoms with Crippen LogP contribution in [0.15, 0.2) is 64.9 Å². The van der Waals surface area contributed by atoms with Crippen LogP contribution in [0.2, 0.25) is 5.02 Å². The summed E-state index contributed by atoms with van der Waals surface area (Å²) >= 11 is 5.89. The van der Waals surface area contributed by atoms with Gasteiger partial charge in [0.05, 0.1) is 36.8 Å².